The molecule has 2 rings (SSSR count). The third kappa shape index (κ3) is 1.79. The summed E-state index contributed by atoms with van der Waals surface area (Å²) in [5.74, 6) is 0.720. The van der Waals surface area contributed by atoms with E-state index in [-0.39, 0.29) is 5.60 Å². The number of hydrogen-bond acceptors (Lipinski definition) is 2. The van der Waals surface area contributed by atoms with Crippen molar-refractivity contribution in [1.29, 1.82) is 0 Å². The van der Waals surface area contributed by atoms with Crippen LogP contribution in [0.15, 0.2) is 4.99 Å². The third-order valence-electron chi connectivity index (χ3n) is 3.53. The molecule has 0 radical (unpaired) electrons. The first-order valence-electron chi connectivity index (χ1n) is 5.92. The van der Waals surface area contributed by atoms with Crippen molar-refractivity contribution in [3.8, 4) is 0 Å². The highest BCUT2D eigenvalue weighted by molar-refractivity contribution is 5.51. The summed E-state index contributed by atoms with van der Waals surface area (Å²) in [6.45, 7) is 4.54. The van der Waals surface area contributed by atoms with E-state index in [2.05, 4.69) is 18.8 Å². The number of aliphatic imine (C=N–C) groups is 1. The molecule has 0 aromatic heterocycles. The Labute approximate surface area is 86.8 Å². The monoisotopic (exact) mass is 195 g/mol. The standard InChI is InChI=1S/C12H21NO/c1-10(2)8-11-12(14-9-13-11)6-4-3-5-7-12/h9-11H,3-8H2,1-2H3/t11-/m1/s1. The van der Waals surface area contributed by atoms with E-state index in [9.17, 15) is 0 Å². The van der Waals surface area contributed by atoms with Gasteiger partial charge in [-0.1, -0.05) is 20.3 Å². The highest BCUT2D eigenvalue weighted by Gasteiger charge is 2.44. The van der Waals surface area contributed by atoms with Gasteiger partial charge in [0.2, 0.25) is 0 Å². The average molecular weight is 195 g/mol. The minimum absolute atomic E-state index is 0.0997. The summed E-state index contributed by atoms with van der Waals surface area (Å²) in [6, 6.07) is 0.433. The van der Waals surface area contributed by atoms with Crippen LogP contribution in [0.4, 0.5) is 0 Å². The zero-order valence-electron chi connectivity index (χ0n) is 9.33. The predicted molar refractivity (Wildman–Crippen MR) is 58.6 cm³/mol. The van der Waals surface area contributed by atoms with Gasteiger partial charge in [0.15, 0.2) is 6.40 Å². The lowest BCUT2D eigenvalue weighted by atomic mass is 9.77. The second-order valence-corrected chi connectivity index (χ2v) is 5.14. The van der Waals surface area contributed by atoms with Crippen LogP contribution in [0.2, 0.25) is 0 Å². The van der Waals surface area contributed by atoms with E-state index in [1.165, 1.54) is 38.5 Å². The van der Waals surface area contributed by atoms with E-state index < -0.39 is 0 Å². The highest BCUT2D eigenvalue weighted by atomic mass is 16.5. The molecule has 80 valence electrons. The van der Waals surface area contributed by atoms with Gasteiger partial charge in [-0.2, -0.15) is 0 Å². The Bertz CT molecular complexity index is 216. The van der Waals surface area contributed by atoms with Crippen molar-refractivity contribution in [2.24, 2.45) is 10.9 Å². The largest absolute Gasteiger partial charge is 0.475 e. The topological polar surface area (TPSA) is 21.6 Å². The van der Waals surface area contributed by atoms with E-state index in [4.69, 9.17) is 4.74 Å². The van der Waals surface area contributed by atoms with Crippen LogP contribution in [0.25, 0.3) is 0 Å². The molecule has 0 aromatic rings. The summed E-state index contributed by atoms with van der Waals surface area (Å²) in [5, 5.41) is 0. The van der Waals surface area contributed by atoms with E-state index in [0.717, 1.165) is 5.92 Å². The molecule has 1 spiro atoms. The molecule has 0 aromatic carbocycles. The maximum absolute atomic E-state index is 5.80. The quantitative estimate of drug-likeness (QED) is 0.663. The van der Waals surface area contributed by atoms with Crippen LogP contribution in [-0.2, 0) is 4.74 Å². The first-order chi connectivity index (χ1) is 6.73. The Morgan fingerprint density at radius 1 is 1.36 bits per heavy atom. The van der Waals surface area contributed by atoms with Crippen molar-refractivity contribution < 1.29 is 4.74 Å². The molecule has 0 amide bonds. The molecular weight excluding hydrogens is 174 g/mol. The summed E-state index contributed by atoms with van der Waals surface area (Å²) < 4.78 is 5.80. The molecule has 2 nitrogen and oxygen atoms in total. The summed E-state index contributed by atoms with van der Waals surface area (Å²) in [5.41, 5.74) is 0.0997. The molecule has 1 fully saturated rings. The Morgan fingerprint density at radius 2 is 2.07 bits per heavy atom. The molecule has 1 heterocycles. The SMILES string of the molecule is CC(C)C[C@H]1N=COC12CCCCC2. The summed E-state index contributed by atoms with van der Waals surface area (Å²) >= 11 is 0. The summed E-state index contributed by atoms with van der Waals surface area (Å²) in [7, 11) is 0. The molecule has 0 saturated heterocycles. The zero-order chi connectivity index (χ0) is 10.0. The van der Waals surface area contributed by atoms with Crippen LogP contribution in [0, 0.1) is 5.92 Å². The second kappa shape index (κ2) is 3.92. The van der Waals surface area contributed by atoms with Crippen LogP contribution >= 0.6 is 0 Å². The van der Waals surface area contributed by atoms with Crippen molar-refractivity contribution in [3.05, 3.63) is 0 Å². The smallest absolute Gasteiger partial charge is 0.170 e. The fraction of sp³-hybridized carbons (Fsp3) is 0.917. The van der Waals surface area contributed by atoms with Gasteiger partial charge in [0.25, 0.3) is 0 Å². The van der Waals surface area contributed by atoms with Gasteiger partial charge in [0, 0.05) is 0 Å². The van der Waals surface area contributed by atoms with Crippen molar-refractivity contribution in [2.75, 3.05) is 0 Å². The minimum Gasteiger partial charge on any atom is -0.475 e. The van der Waals surface area contributed by atoms with Crippen molar-refractivity contribution in [3.63, 3.8) is 0 Å². The van der Waals surface area contributed by atoms with Crippen molar-refractivity contribution >= 4 is 6.40 Å². The molecule has 0 bridgehead atoms. The normalized spacial score (nSPS) is 29.8. The van der Waals surface area contributed by atoms with E-state index in [1.807, 2.05) is 0 Å². The molecule has 0 unspecified atom stereocenters. The van der Waals surface area contributed by atoms with Crippen LogP contribution in [-0.4, -0.2) is 18.0 Å². The molecule has 2 aliphatic rings. The van der Waals surface area contributed by atoms with Gasteiger partial charge in [-0.15, -0.1) is 0 Å². The zero-order valence-corrected chi connectivity index (χ0v) is 9.33. The third-order valence-corrected chi connectivity index (χ3v) is 3.53. The second-order valence-electron chi connectivity index (χ2n) is 5.14. The number of ether oxygens (including phenoxy) is 1. The molecule has 14 heavy (non-hydrogen) atoms. The van der Waals surface area contributed by atoms with Crippen molar-refractivity contribution in [2.45, 2.75) is 64.0 Å². The lowest BCUT2D eigenvalue weighted by Gasteiger charge is -2.37. The number of rotatable bonds is 2. The Balaban J connectivity index is 2.02. The van der Waals surface area contributed by atoms with Gasteiger partial charge in [0.1, 0.15) is 5.60 Å². The highest BCUT2D eigenvalue weighted by Crippen LogP contribution is 2.40. The van der Waals surface area contributed by atoms with Crippen LogP contribution in [0.3, 0.4) is 0 Å². The number of nitrogens with zero attached hydrogens (tertiary/aromatic N) is 1. The van der Waals surface area contributed by atoms with E-state index in [0.29, 0.717) is 6.04 Å². The maximum Gasteiger partial charge on any atom is 0.170 e. The van der Waals surface area contributed by atoms with E-state index >= 15 is 0 Å². The molecule has 1 atom stereocenters. The molecule has 1 aliphatic carbocycles. The van der Waals surface area contributed by atoms with Gasteiger partial charge >= 0.3 is 0 Å². The Hall–Kier alpha value is -0.530. The lowest BCUT2D eigenvalue weighted by molar-refractivity contribution is 0.0174. The van der Waals surface area contributed by atoms with Gasteiger partial charge in [-0.05, 0) is 38.0 Å². The first-order valence-corrected chi connectivity index (χ1v) is 5.92. The molecule has 2 heteroatoms. The Morgan fingerprint density at radius 3 is 2.71 bits per heavy atom. The molecule has 1 aliphatic heterocycles. The van der Waals surface area contributed by atoms with Gasteiger partial charge in [-0.3, -0.25) is 4.99 Å². The predicted octanol–water partition coefficient (Wildman–Crippen LogP) is 3.16. The first kappa shape index (κ1) is 10.0. The summed E-state index contributed by atoms with van der Waals surface area (Å²) in [6.07, 6.45) is 9.32. The van der Waals surface area contributed by atoms with Crippen LogP contribution in [0.1, 0.15) is 52.4 Å². The fourth-order valence-electron chi connectivity index (χ4n) is 2.75. The molecule has 1 saturated carbocycles. The average Bonchev–Trinajstić information content (AvgIpc) is 2.50. The minimum atomic E-state index is 0.0997. The fourth-order valence-corrected chi connectivity index (χ4v) is 2.75. The van der Waals surface area contributed by atoms with Crippen molar-refractivity contribution in [1.82, 2.24) is 0 Å². The van der Waals surface area contributed by atoms with Gasteiger partial charge in [0.05, 0.1) is 6.04 Å². The van der Waals surface area contributed by atoms with Gasteiger partial charge < -0.3 is 4.74 Å². The number of hydrogen-bond donors (Lipinski definition) is 0. The lowest BCUT2D eigenvalue weighted by Crippen LogP contribution is -2.42. The molecular formula is C12H21NO. The summed E-state index contributed by atoms with van der Waals surface area (Å²) in [4.78, 5) is 4.51. The van der Waals surface area contributed by atoms with Gasteiger partial charge in [-0.25, -0.2) is 0 Å². The maximum atomic E-state index is 5.80. The molecule has 0 N–H and O–H groups in total. The van der Waals surface area contributed by atoms with E-state index in [1.54, 1.807) is 6.40 Å². The Kier molecular flexibility index (Phi) is 2.80. The van der Waals surface area contributed by atoms with Crippen LogP contribution in [0.5, 0.6) is 0 Å². The van der Waals surface area contributed by atoms with Crippen LogP contribution < -0.4 is 0 Å².